The Bertz CT molecular complexity index is 1460. The van der Waals surface area contributed by atoms with Gasteiger partial charge in [-0.2, -0.15) is 0 Å². The molecular weight excluding hydrogens is 502 g/mol. The molecule has 0 spiro atoms. The Morgan fingerprint density at radius 1 is 1.16 bits per heavy atom. The van der Waals surface area contributed by atoms with Gasteiger partial charge in [0, 0.05) is 41.9 Å². The summed E-state index contributed by atoms with van der Waals surface area (Å²) in [6, 6.07) is 15.2. The molecule has 1 aromatic carbocycles. The maximum Gasteiger partial charge on any atom is 0.248 e. The van der Waals surface area contributed by atoms with E-state index in [4.69, 9.17) is 0 Å². The molecule has 1 aliphatic rings. The summed E-state index contributed by atoms with van der Waals surface area (Å²) in [6.07, 6.45) is 4.78. The molecular formula is C27H29N7O3S. The molecule has 5 N–H and O–H groups in total. The van der Waals surface area contributed by atoms with Crippen LogP contribution in [0, 0.1) is 0 Å². The van der Waals surface area contributed by atoms with E-state index in [1.54, 1.807) is 34.7 Å². The minimum absolute atomic E-state index is 0.230. The predicted molar refractivity (Wildman–Crippen MR) is 149 cm³/mol. The molecule has 11 heteroatoms. The molecule has 1 amide bonds. The van der Waals surface area contributed by atoms with Crippen LogP contribution in [0.5, 0.6) is 0 Å². The zero-order valence-electron chi connectivity index (χ0n) is 21.0. The standard InChI is InChI=1S/C27H29N7O3S/c1-27(2)24(36)33-26(37)34(27)14-13-30-25-29-12-10-20(32-25)22-16-17-15-19(6-8-21(17)38-22)31-23(35)9-7-18-5-3-4-11-28-18/h3-12,15-16,24,26,33,36-37H,13-14H2,1-2H3,(H,31,35)(H,29,30,32). The molecule has 1 aliphatic heterocycles. The van der Waals surface area contributed by atoms with E-state index >= 15 is 0 Å². The van der Waals surface area contributed by atoms with Crippen molar-refractivity contribution in [1.82, 2.24) is 25.2 Å². The lowest BCUT2D eigenvalue weighted by molar-refractivity contribution is -0.111. The molecule has 5 rings (SSSR count). The maximum absolute atomic E-state index is 12.3. The highest BCUT2D eigenvalue weighted by Crippen LogP contribution is 2.34. The van der Waals surface area contributed by atoms with Crippen LogP contribution in [0.4, 0.5) is 11.6 Å². The van der Waals surface area contributed by atoms with Gasteiger partial charge in [-0.05, 0) is 67.8 Å². The average molecular weight is 532 g/mol. The van der Waals surface area contributed by atoms with Crippen LogP contribution in [0.1, 0.15) is 19.5 Å². The fraction of sp³-hybridized carbons (Fsp3) is 0.259. The average Bonchev–Trinajstić information content (AvgIpc) is 3.41. The number of carbonyl (C=O) groups is 1. The fourth-order valence-corrected chi connectivity index (χ4v) is 5.27. The van der Waals surface area contributed by atoms with Crippen molar-refractivity contribution in [2.75, 3.05) is 23.7 Å². The van der Waals surface area contributed by atoms with Gasteiger partial charge in [0.2, 0.25) is 11.9 Å². The molecule has 10 nitrogen and oxygen atoms in total. The topological polar surface area (TPSA) is 136 Å². The van der Waals surface area contributed by atoms with Crippen molar-refractivity contribution in [3.8, 4) is 10.6 Å². The van der Waals surface area contributed by atoms with E-state index < -0.39 is 18.1 Å². The van der Waals surface area contributed by atoms with E-state index in [-0.39, 0.29) is 5.91 Å². The first-order valence-electron chi connectivity index (χ1n) is 12.2. The minimum atomic E-state index is -0.917. The third kappa shape index (κ3) is 5.72. The molecule has 38 heavy (non-hydrogen) atoms. The lowest BCUT2D eigenvalue weighted by Gasteiger charge is -2.33. The van der Waals surface area contributed by atoms with Gasteiger partial charge in [0.05, 0.1) is 21.8 Å². The van der Waals surface area contributed by atoms with Crippen LogP contribution in [0.3, 0.4) is 0 Å². The number of anilines is 2. The van der Waals surface area contributed by atoms with Crippen molar-refractivity contribution in [3.63, 3.8) is 0 Å². The summed E-state index contributed by atoms with van der Waals surface area (Å²) in [5.41, 5.74) is 1.60. The lowest BCUT2D eigenvalue weighted by atomic mass is 10.0. The van der Waals surface area contributed by atoms with Crippen LogP contribution in [-0.2, 0) is 4.79 Å². The fourth-order valence-electron chi connectivity index (χ4n) is 4.25. The number of aliphatic hydroxyl groups is 2. The Morgan fingerprint density at radius 3 is 2.79 bits per heavy atom. The zero-order chi connectivity index (χ0) is 26.7. The molecule has 0 bridgehead atoms. The van der Waals surface area contributed by atoms with Crippen LogP contribution in [0.2, 0.25) is 0 Å². The first-order chi connectivity index (χ1) is 18.3. The summed E-state index contributed by atoms with van der Waals surface area (Å²) in [6.45, 7) is 4.72. The van der Waals surface area contributed by atoms with Crippen molar-refractivity contribution in [2.24, 2.45) is 0 Å². The van der Waals surface area contributed by atoms with Crippen LogP contribution in [0.15, 0.2) is 67.0 Å². The van der Waals surface area contributed by atoms with Gasteiger partial charge in [0.25, 0.3) is 0 Å². The minimum Gasteiger partial charge on any atom is -0.377 e. The number of hydrogen-bond acceptors (Lipinski definition) is 10. The summed E-state index contributed by atoms with van der Waals surface area (Å²) < 4.78 is 1.08. The van der Waals surface area contributed by atoms with E-state index in [1.165, 1.54) is 6.08 Å². The predicted octanol–water partition coefficient (Wildman–Crippen LogP) is 3.10. The van der Waals surface area contributed by atoms with Crippen LogP contribution in [-0.4, -0.2) is 67.2 Å². The number of thiophene rings is 1. The number of rotatable bonds is 8. The first-order valence-corrected chi connectivity index (χ1v) is 13.0. The Balaban J connectivity index is 1.23. The van der Waals surface area contributed by atoms with Crippen molar-refractivity contribution in [2.45, 2.75) is 32.0 Å². The maximum atomic E-state index is 12.3. The third-order valence-corrected chi connectivity index (χ3v) is 7.57. The SMILES string of the molecule is CC1(C)C(O)NC(O)N1CCNc1nccc(-c2cc3cc(NC(=O)C=Cc4ccccn4)ccc3s2)n1. The Hall–Kier alpha value is -3.74. The largest absolute Gasteiger partial charge is 0.377 e. The zero-order valence-corrected chi connectivity index (χ0v) is 21.8. The van der Waals surface area contributed by atoms with Crippen molar-refractivity contribution >= 4 is 45.0 Å². The van der Waals surface area contributed by atoms with Gasteiger partial charge in [0.1, 0.15) is 6.23 Å². The number of aliphatic hydroxyl groups excluding tert-OH is 2. The summed E-state index contributed by atoms with van der Waals surface area (Å²) in [5.74, 6) is 0.250. The van der Waals surface area contributed by atoms with Gasteiger partial charge >= 0.3 is 0 Å². The van der Waals surface area contributed by atoms with E-state index in [2.05, 4.69) is 30.9 Å². The second kappa shape index (κ2) is 10.9. The molecule has 0 aliphatic carbocycles. The van der Waals surface area contributed by atoms with Gasteiger partial charge in [-0.1, -0.05) is 6.07 Å². The number of fused-ring (bicyclic) bond motifs is 1. The molecule has 1 fully saturated rings. The van der Waals surface area contributed by atoms with Crippen LogP contribution >= 0.6 is 11.3 Å². The van der Waals surface area contributed by atoms with Gasteiger partial charge in [-0.15, -0.1) is 11.3 Å². The third-order valence-electron chi connectivity index (χ3n) is 6.43. The molecule has 3 aromatic heterocycles. The molecule has 1 saturated heterocycles. The highest BCUT2D eigenvalue weighted by atomic mass is 32.1. The Morgan fingerprint density at radius 2 is 2.03 bits per heavy atom. The number of hydrogen-bond donors (Lipinski definition) is 5. The number of amides is 1. The summed E-state index contributed by atoms with van der Waals surface area (Å²) >= 11 is 1.61. The molecule has 4 heterocycles. The summed E-state index contributed by atoms with van der Waals surface area (Å²) in [5, 5.41) is 30.1. The van der Waals surface area contributed by atoms with Crippen molar-refractivity contribution < 1.29 is 15.0 Å². The number of pyridine rings is 1. The van der Waals surface area contributed by atoms with E-state index in [9.17, 15) is 15.0 Å². The first kappa shape index (κ1) is 25.9. The van der Waals surface area contributed by atoms with Gasteiger partial charge in [0.15, 0.2) is 6.35 Å². The highest BCUT2D eigenvalue weighted by molar-refractivity contribution is 7.22. The monoisotopic (exact) mass is 531 g/mol. The molecule has 196 valence electrons. The van der Waals surface area contributed by atoms with Crippen molar-refractivity contribution in [3.05, 3.63) is 72.7 Å². The second-order valence-corrected chi connectivity index (χ2v) is 10.5. The van der Waals surface area contributed by atoms with E-state index in [0.29, 0.717) is 30.4 Å². The molecule has 4 aromatic rings. The smallest absolute Gasteiger partial charge is 0.248 e. The summed E-state index contributed by atoms with van der Waals surface area (Å²) in [4.78, 5) is 28.3. The number of nitrogens with zero attached hydrogens (tertiary/aromatic N) is 4. The number of carbonyl (C=O) groups excluding carboxylic acids is 1. The number of nitrogens with one attached hydrogen (secondary N) is 3. The quantitative estimate of drug-likeness (QED) is 0.217. The number of benzene rings is 1. The Kier molecular flexibility index (Phi) is 7.45. The molecule has 2 unspecified atom stereocenters. The van der Waals surface area contributed by atoms with E-state index in [0.717, 1.165) is 20.7 Å². The highest BCUT2D eigenvalue weighted by Gasteiger charge is 2.45. The van der Waals surface area contributed by atoms with Crippen LogP contribution < -0.4 is 16.0 Å². The van der Waals surface area contributed by atoms with Crippen molar-refractivity contribution in [1.29, 1.82) is 0 Å². The molecule has 2 atom stereocenters. The molecule has 0 saturated carbocycles. The van der Waals surface area contributed by atoms with E-state index in [1.807, 2.05) is 62.4 Å². The van der Waals surface area contributed by atoms with Gasteiger partial charge in [-0.25, -0.2) is 9.97 Å². The van der Waals surface area contributed by atoms with Crippen LogP contribution in [0.25, 0.3) is 26.7 Å². The van der Waals surface area contributed by atoms with Gasteiger partial charge < -0.3 is 20.8 Å². The lowest BCUT2D eigenvalue weighted by Crippen LogP contribution is -2.49. The summed E-state index contributed by atoms with van der Waals surface area (Å²) in [7, 11) is 0. The normalized spacial score (nSPS) is 19.3. The Labute approximate surface area is 224 Å². The number of aromatic nitrogens is 3. The van der Waals surface area contributed by atoms with Gasteiger partial charge in [-0.3, -0.25) is 20.0 Å². The molecule has 0 radical (unpaired) electrons. The second-order valence-electron chi connectivity index (χ2n) is 9.42.